The van der Waals surface area contributed by atoms with Crippen molar-refractivity contribution in [3.8, 4) is 0 Å². The first kappa shape index (κ1) is 25.4. The van der Waals surface area contributed by atoms with Crippen molar-refractivity contribution in [1.29, 1.82) is 0 Å². The highest BCUT2D eigenvalue weighted by Crippen LogP contribution is 2.17. The van der Waals surface area contributed by atoms with Crippen LogP contribution in [-0.2, 0) is 14.4 Å². The summed E-state index contributed by atoms with van der Waals surface area (Å²) < 4.78 is 0. The van der Waals surface area contributed by atoms with Crippen LogP contribution in [0, 0.1) is 5.92 Å². The molecule has 0 aromatic heterocycles. The molecule has 0 radical (unpaired) electrons. The second-order valence-corrected chi connectivity index (χ2v) is 7.37. The summed E-state index contributed by atoms with van der Waals surface area (Å²) in [5, 5.41) is 3.27. The van der Waals surface area contributed by atoms with Gasteiger partial charge in [0.25, 0.3) is 0 Å². The van der Waals surface area contributed by atoms with Crippen molar-refractivity contribution in [3.63, 3.8) is 0 Å². The maximum Gasteiger partial charge on any atom is 0.345 e. The van der Waals surface area contributed by atoms with Crippen LogP contribution in [0.3, 0.4) is 0 Å². The smallest absolute Gasteiger partial charge is 0.345 e. The van der Waals surface area contributed by atoms with E-state index in [1.165, 1.54) is 51.4 Å². The molecule has 0 heterocycles. The molecule has 0 aliphatic heterocycles. The maximum absolute atomic E-state index is 12.4. The summed E-state index contributed by atoms with van der Waals surface area (Å²) >= 11 is 0. The molecule has 6 heteroatoms. The molecule has 0 rings (SSSR count). The van der Waals surface area contributed by atoms with E-state index in [0.29, 0.717) is 12.8 Å². The third kappa shape index (κ3) is 15.2. The number of unbranched alkanes of at least 4 members (excludes halogenated alkanes) is 11. The molecule has 0 fully saturated rings. The SMILES string of the molecule is CCCCCCCCCCCCCC(=O)C(CCCC)C(=O)ON=C(N)N. The zero-order valence-corrected chi connectivity index (χ0v) is 17.5. The molecule has 0 saturated heterocycles. The Balaban J connectivity index is 3.92. The van der Waals surface area contributed by atoms with E-state index in [1.807, 2.05) is 6.92 Å². The Morgan fingerprint density at radius 1 is 0.778 bits per heavy atom. The van der Waals surface area contributed by atoms with Crippen LogP contribution in [-0.4, -0.2) is 17.7 Å². The van der Waals surface area contributed by atoms with Crippen molar-refractivity contribution in [2.75, 3.05) is 0 Å². The minimum absolute atomic E-state index is 0.0600. The molecule has 0 aliphatic rings. The molecule has 0 spiro atoms. The van der Waals surface area contributed by atoms with Gasteiger partial charge >= 0.3 is 5.97 Å². The van der Waals surface area contributed by atoms with Crippen molar-refractivity contribution in [2.24, 2.45) is 22.5 Å². The number of ketones is 1. The monoisotopic (exact) mass is 383 g/mol. The fraction of sp³-hybridized carbons (Fsp3) is 0.857. The summed E-state index contributed by atoms with van der Waals surface area (Å²) in [5.74, 6) is -1.79. The molecule has 0 aromatic carbocycles. The van der Waals surface area contributed by atoms with Crippen LogP contribution in [0.15, 0.2) is 5.16 Å². The lowest BCUT2D eigenvalue weighted by Gasteiger charge is -2.12. The first-order chi connectivity index (χ1) is 13.0. The summed E-state index contributed by atoms with van der Waals surface area (Å²) in [4.78, 5) is 29.1. The molecule has 0 aromatic rings. The first-order valence-electron chi connectivity index (χ1n) is 10.8. The fourth-order valence-electron chi connectivity index (χ4n) is 3.12. The lowest BCUT2D eigenvalue weighted by atomic mass is 9.93. The van der Waals surface area contributed by atoms with Crippen molar-refractivity contribution >= 4 is 17.7 Å². The lowest BCUT2D eigenvalue weighted by molar-refractivity contribution is -0.152. The van der Waals surface area contributed by atoms with Crippen LogP contribution < -0.4 is 11.5 Å². The van der Waals surface area contributed by atoms with Crippen molar-refractivity contribution in [2.45, 2.75) is 110 Å². The van der Waals surface area contributed by atoms with Gasteiger partial charge in [0.1, 0.15) is 11.7 Å². The minimum atomic E-state index is -0.754. The molecular formula is C21H41N3O3. The zero-order valence-electron chi connectivity index (χ0n) is 17.5. The van der Waals surface area contributed by atoms with Crippen LogP contribution in [0.4, 0.5) is 0 Å². The van der Waals surface area contributed by atoms with Crippen molar-refractivity contribution < 1.29 is 14.4 Å². The number of nitrogens with zero attached hydrogens (tertiary/aromatic N) is 1. The Labute approximate surface area is 165 Å². The predicted octanol–water partition coefficient (Wildman–Crippen LogP) is 4.79. The topological polar surface area (TPSA) is 108 Å². The number of hydrogen-bond donors (Lipinski definition) is 2. The number of guanidine groups is 1. The van der Waals surface area contributed by atoms with Gasteiger partial charge in [-0.05, 0) is 18.0 Å². The van der Waals surface area contributed by atoms with E-state index in [0.717, 1.165) is 32.1 Å². The van der Waals surface area contributed by atoms with Gasteiger partial charge in [0.15, 0.2) is 0 Å². The standard InChI is InChI=1S/C21H41N3O3/c1-3-5-7-8-9-10-11-12-13-14-15-17-19(25)18(16-6-4-2)20(26)27-24-21(22)23/h18H,3-17H2,1-2H3,(H4,22,23,24). The normalized spacial score (nSPS) is 11.8. The highest BCUT2D eigenvalue weighted by Gasteiger charge is 2.27. The third-order valence-electron chi connectivity index (χ3n) is 4.79. The second kappa shape index (κ2) is 17.8. The Hall–Kier alpha value is -1.59. The Morgan fingerprint density at radius 3 is 1.74 bits per heavy atom. The Kier molecular flexibility index (Phi) is 16.8. The maximum atomic E-state index is 12.4. The number of hydrogen-bond acceptors (Lipinski definition) is 4. The Morgan fingerprint density at radius 2 is 1.26 bits per heavy atom. The summed E-state index contributed by atoms with van der Waals surface area (Å²) in [6.07, 6.45) is 16.2. The summed E-state index contributed by atoms with van der Waals surface area (Å²) in [6, 6.07) is 0. The predicted molar refractivity (Wildman–Crippen MR) is 111 cm³/mol. The largest absolute Gasteiger partial charge is 0.367 e. The van der Waals surface area contributed by atoms with Gasteiger partial charge in [-0.25, -0.2) is 4.79 Å². The van der Waals surface area contributed by atoms with Gasteiger partial charge in [-0.15, -0.1) is 0 Å². The highest BCUT2D eigenvalue weighted by molar-refractivity contribution is 5.99. The van der Waals surface area contributed by atoms with E-state index in [4.69, 9.17) is 11.5 Å². The quantitative estimate of drug-likeness (QED) is 0.0883. The van der Waals surface area contributed by atoms with Crippen LogP contribution in [0.25, 0.3) is 0 Å². The van der Waals surface area contributed by atoms with Gasteiger partial charge in [0, 0.05) is 6.42 Å². The van der Waals surface area contributed by atoms with E-state index in [-0.39, 0.29) is 11.7 Å². The molecule has 0 bridgehead atoms. The molecule has 158 valence electrons. The summed E-state index contributed by atoms with van der Waals surface area (Å²) in [7, 11) is 0. The van der Waals surface area contributed by atoms with Crippen LogP contribution in [0.5, 0.6) is 0 Å². The molecule has 0 saturated carbocycles. The minimum Gasteiger partial charge on any atom is -0.367 e. The second-order valence-electron chi connectivity index (χ2n) is 7.37. The average Bonchev–Trinajstić information content (AvgIpc) is 2.64. The fourth-order valence-corrected chi connectivity index (χ4v) is 3.12. The van der Waals surface area contributed by atoms with Gasteiger partial charge in [-0.2, -0.15) is 0 Å². The lowest BCUT2D eigenvalue weighted by Crippen LogP contribution is -2.28. The van der Waals surface area contributed by atoms with E-state index in [2.05, 4.69) is 16.9 Å². The van der Waals surface area contributed by atoms with Crippen LogP contribution in [0.1, 0.15) is 110 Å². The van der Waals surface area contributed by atoms with Crippen LogP contribution in [0.2, 0.25) is 0 Å². The highest BCUT2D eigenvalue weighted by atomic mass is 16.7. The Bertz CT molecular complexity index is 421. The molecule has 1 atom stereocenters. The van der Waals surface area contributed by atoms with Crippen LogP contribution >= 0.6 is 0 Å². The van der Waals surface area contributed by atoms with Gasteiger partial charge in [-0.3, -0.25) is 4.79 Å². The average molecular weight is 384 g/mol. The molecular weight excluding hydrogens is 342 g/mol. The van der Waals surface area contributed by atoms with Gasteiger partial charge in [0.05, 0.1) is 0 Å². The first-order valence-corrected chi connectivity index (χ1v) is 10.8. The number of carbonyl (C=O) groups is 2. The number of rotatable bonds is 18. The molecule has 0 amide bonds. The van der Waals surface area contributed by atoms with Gasteiger partial charge in [0.2, 0.25) is 5.96 Å². The molecule has 6 nitrogen and oxygen atoms in total. The molecule has 1 unspecified atom stereocenters. The molecule has 0 aliphatic carbocycles. The van der Waals surface area contributed by atoms with E-state index in [9.17, 15) is 9.59 Å². The third-order valence-corrected chi connectivity index (χ3v) is 4.79. The number of Topliss-reactive ketones (excluding diaryl/α,β-unsaturated/α-hetero) is 1. The van der Waals surface area contributed by atoms with Crippen molar-refractivity contribution in [1.82, 2.24) is 0 Å². The van der Waals surface area contributed by atoms with E-state index in [1.54, 1.807) is 0 Å². The number of oxime groups is 1. The molecule has 4 N–H and O–H groups in total. The van der Waals surface area contributed by atoms with E-state index < -0.39 is 11.9 Å². The van der Waals surface area contributed by atoms with E-state index >= 15 is 0 Å². The number of carbonyl (C=O) groups excluding carboxylic acids is 2. The summed E-state index contributed by atoms with van der Waals surface area (Å²) in [6.45, 7) is 4.26. The number of nitrogens with two attached hydrogens (primary N) is 2. The molecule has 27 heavy (non-hydrogen) atoms. The van der Waals surface area contributed by atoms with Gasteiger partial charge in [-0.1, -0.05) is 90.9 Å². The van der Waals surface area contributed by atoms with Gasteiger partial charge < -0.3 is 16.3 Å². The van der Waals surface area contributed by atoms with Crippen molar-refractivity contribution in [3.05, 3.63) is 0 Å². The summed E-state index contributed by atoms with van der Waals surface area (Å²) in [5.41, 5.74) is 10.3. The zero-order chi connectivity index (χ0) is 20.3.